The van der Waals surface area contributed by atoms with Gasteiger partial charge < -0.3 is 10.0 Å². The van der Waals surface area contributed by atoms with Crippen molar-refractivity contribution in [2.45, 2.75) is 44.7 Å². The molecule has 1 aromatic rings. The first-order valence-corrected chi connectivity index (χ1v) is 8.17. The molecule has 2 aliphatic carbocycles. The third-order valence-corrected chi connectivity index (χ3v) is 5.13. The summed E-state index contributed by atoms with van der Waals surface area (Å²) >= 11 is 5.92. The van der Waals surface area contributed by atoms with Crippen LogP contribution in [-0.4, -0.2) is 27.9 Å². The van der Waals surface area contributed by atoms with Crippen LogP contribution in [-0.2, 0) is 9.59 Å². The first-order valence-electron chi connectivity index (χ1n) is 7.79. The fraction of sp³-hybridized carbons (Fsp3) is 0.529. The summed E-state index contributed by atoms with van der Waals surface area (Å²) in [4.78, 5) is 25.9. The second-order valence-electron chi connectivity index (χ2n) is 6.33. The number of carboxylic acid groups (broad SMARTS) is 1. The molecule has 3 unspecified atom stereocenters. The van der Waals surface area contributed by atoms with Crippen molar-refractivity contribution < 1.29 is 14.7 Å². The Morgan fingerprint density at radius 1 is 1.14 bits per heavy atom. The lowest BCUT2D eigenvalue weighted by atomic mass is 9.72. The quantitative estimate of drug-likeness (QED) is 0.903. The van der Waals surface area contributed by atoms with Crippen LogP contribution in [0.15, 0.2) is 24.3 Å². The van der Waals surface area contributed by atoms with Crippen LogP contribution in [0.4, 0.5) is 0 Å². The highest BCUT2D eigenvalue weighted by atomic mass is 35.5. The first kappa shape index (κ1) is 15.3. The molecular formula is C17H20ClNO3. The predicted octanol–water partition coefficient (Wildman–Crippen LogP) is 3.50. The van der Waals surface area contributed by atoms with Gasteiger partial charge in [0.25, 0.3) is 0 Å². The zero-order valence-electron chi connectivity index (χ0n) is 12.5. The number of aliphatic carboxylic acids is 1. The van der Waals surface area contributed by atoms with Gasteiger partial charge in [-0.25, -0.2) is 0 Å². The van der Waals surface area contributed by atoms with E-state index in [2.05, 4.69) is 0 Å². The van der Waals surface area contributed by atoms with Gasteiger partial charge in [0.15, 0.2) is 0 Å². The van der Waals surface area contributed by atoms with Gasteiger partial charge in [0, 0.05) is 11.1 Å². The first-order chi connectivity index (χ1) is 10.5. The molecular weight excluding hydrogens is 302 g/mol. The molecule has 0 heterocycles. The number of carboxylic acids is 1. The molecule has 1 N–H and O–H groups in total. The molecule has 1 aromatic carbocycles. The van der Waals surface area contributed by atoms with Crippen molar-refractivity contribution >= 4 is 23.5 Å². The van der Waals surface area contributed by atoms with Gasteiger partial charge >= 0.3 is 5.97 Å². The van der Waals surface area contributed by atoms with E-state index in [1.165, 1.54) is 0 Å². The van der Waals surface area contributed by atoms with Crippen LogP contribution in [0.3, 0.4) is 0 Å². The van der Waals surface area contributed by atoms with Crippen molar-refractivity contribution in [2.24, 2.45) is 11.8 Å². The predicted molar refractivity (Wildman–Crippen MR) is 83.6 cm³/mol. The van der Waals surface area contributed by atoms with E-state index in [0.29, 0.717) is 17.9 Å². The molecule has 4 nitrogen and oxygen atoms in total. The Kier molecular flexibility index (Phi) is 4.13. The fourth-order valence-corrected chi connectivity index (χ4v) is 3.35. The smallest absolute Gasteiger partial charge is 0.307 e. The maximum Gasteiger partial charge on any atom is 0.307 e. The van der Waals surface area contributed by atoms with Gasteiger partial charge in [-0.3, -0.25) is 9.59 Å². The van der Waals surface area contributed by atoms with E-state index in [0.717, 1.165) is 18.4 Å². The monoisotopic (exact) mass is 321 g/mol. The average Bonchev–Trinajstić information content (AvgIpc) is 3.22. The van der Waals surface area contributed by atoms with Crippen LogP contribution in [0.2, 0.25) is 5.02 Å². The normalized spacial score (nSPS) is 25.2. The number of nitrogens with zero attached hydrogens (tertiary/aromatic N) is 1. The summed E-state index contributed by atoms with van der Waals surface area (Å²) in [5, 5.41) is 9.86. The number of hydrogen-bond acceptors (Lipinski definition) is 2. The zero-order chi connectivity index (χ0) is 15.9. The van der Waals surface area contributed by atoms with E-state index < -0.39 is 11.9 Å². The van der Waals surface area contributed by atoms with E-state index in [1.54, 1.807) is 0 Å². The van der Waals surface area contributed by atoms with Crippen molar-refractivity contribution in [1.82, 2.24) is 4.90 Å². The third kappa shape index (κ3) is 2.84. The van der Waals surface area contributed by atoms with Crippen LogP contribution < -0.4 is 0 Å². The van der Waals surface area contributed by atoms with E-state index in [1.807, 2.05) is 36.1 Å². The summed E-state index contributed by atoms with van der Waals surface area (Å²) in [7, 11) is 0. The van der Waals surface area contributed by atoms with E-state index in [9.17, 15) is 14.7 Å². The maximum absolute atomic E-state index is 12.8. The van der Waals surface area contributed by atoms with Gasteiger partial charge in [-0.1, -0.05) is 23.7 Å². The Hall–Kier alpha value is -1.55. The molecule has 1 amide bonds. The summed E-state index contributed by atoms with van der Waals surface area (Å²) in [6.45, 7) is 2.01. The van der Waals surface area contributed by atoms with Crippen molar-refractivity contribution in [3.05, 3.63) is 34.9 Å². The number of amides is 1. The minimum atomic E-state index is -0.848. The molecule has 3 atom stereocenters. The summed E-state index contributed by atoms with van der Waals surface area (Å²) in [6, 6.07) is 7.73. The molecule has 118 valence electrons. The summed E-state index contributed by atoms with van der Waals surface area (Å²) in [5.74, 6) is -1.71. The lowest BCUT2D eigenvalue weighted by Crippen LogP contribution is -2.47. The van der Waals surface area contributed by atoms with Gasteiger partial charge in [-0.2, -0.15) is 0 Å². The van der Waals surface area contributed by atoms with E-state index >= 15 is 0 Å². The number of benzene rings is 1. The minimum Gasteiger partial charge on any atom is -0.481 e. The van der Waals surface area contributed by atoms with Crippen molar-refractivity contribution in [2.75, 3.05) is 0 Å². The molecule has 2 saturated carbocycles. The highest BCUT2D eigenvalue weighted by Gasteiger charge is 2.47. The van der Waals surface area contributed by atoms with Gasteiger partial charge in [0.05, 0.1) is 17.9 Å². The van der Waals surface area contributed by atoms with E-state index in [-0.39, 0.29) is 23.9 Å². The SMILES string of the molecule is CC(c1ccc(Cl)cc1)N(C(=O)C1CCC1C(=O)O)C1CC1. The molecule has 2 fully saturated rings. The number of carbonyl (C=O) groups excluding carboxylic acids is 1. The standard InChI is InChI=1S/C17H20ClNO3/c1-10(11-2-4-12(18)5-3-11)19(13-6-7-13)16(20)14-8-9-15(14)17(21)22/h2-5,10,13-15H,6-9H2,1H3,(H,21,22). The maximum atomic E-state index is 12.8. The second-order valence-corrected chi connectivity index (χ2v) is 6.77. The number of halogens is 1. The largest absolute Gasteiger partial charge is 0.481 e. The number of carbonyl (C=O) groups is 2. The topological polar surface area (TPSA) is 57.6 Å². The lowest BCUT2D eigenvalue weighted by molar-refractivity contribution is -0.158. The molecule has 0 aromatic heterocycles. The van der Waals surface area contributed by atoms with Crippen LogP contribution in [0.5, 0.6) is 0 Å². The summed E-state index contributed by atoms with van der Waals surface area (Å²) in [5.41, 5.74) is 1.04. The Morgan fingerprint density at radius 3 is 2.18 bits per heavy atom. The summed E-state index contributed by atoms with van der Waals surface area (Å²) in [6.07, 6.45) is 3.31. The second kappa shape index (κ2) is 5.92. The van der Waals surface area contributed by atoms with Crippen molar-refractivity contribution in [1.29, 1.82) is 0 Å². The number of rotatable bonds is 5. The molecule has 2 aliphatic rings. The number of hydrogen-bond donors (Lipinski definition) is 1. The fourth-order valence-electron chi connectivity index (χ4n) is 3.22. The van der Waals surface area contributed by atoms with Gasteiger partial charge in [-0.15, -0.1) is 0 Å². The van der Waals surface area contributed by atoms with Crippen LogP contribution >= 0.6 is 11.6 Å². The Bertz CT molecular complexity index is 582. The average molecular weight is 322 g/mol. The van der Waals surface area contributed by atoms with Crippen LogP contribution in [0, 0.1) is 11.8 Å². The van der Waals surface area contributed by atoms with E-state index in [4.69, 9.17) is 11.6 Å². The van der Waals surface area contributed by atoms with Crippen LogP contribution in [0.1, 0.15) is 44.2 Å². The van der Waals surface area contributed by atoms with Gasteiger partial charge in [-0.05, 0) is 50.3 Å². The molecule has 22 heavy (non-hydrogen) atoms. The molecule has 0 bridgehead atoms. The lowest BCUT2D eigenvalue weighted by Gasteiger charge is -2.39. The molecule has 0 aliphatic heterocycles. The van der Waals surface area contributed by atoms with Crippen LogP contribution in [0.25, 0.3) is 0 Å². The highest BCUT2D eigenvalue weighted by Crippen LogP contribution is 2.42. The Labute approximate surface area is 135 Å². The molecule has 0 saturated heterocycles. The zero-order valence-corrected chi connectivity index (χ0v) is 13.3. The van der Waals surface area contributed by atoms with Crippen molar-refractivity contribution in [3.8, 4) is 0 Å². The highest BCUT2D eigenvalue weighted by molar-refractivity contribution is 6.30. The Balaban J connectivity index is 1.79. The molecule has 5 heteroatoms. The molecule has 0 spiro atoms. The Morgan fingerprint density at radius 2 is 1.73 bits per heavy atom. The molecule has 3 rings (SSSR count). The van der Waals surface area contributed by atoms with Crippen molar-refractivity contribution in [3.63, 3.8) is 0 Å². The van der Waals surface area contributed by atoms with Gasteiger partial charge in [0.2, 0.25) is 5.91 Å². The van der Waals surface area contributed by atoms with Gasteiger partial charge in [0.1, 0.15) is 0 Å². The summed E-state index contributed by atoms with van der Waals surface area (Å²) < 4.78 is 0. The third-order valence-electron chi connectivity index (χ3n) is 4.87. The molecule has 0 radical (unpaired) electrons. The minimum absolute atomic E-state index is 0.00333.